The van der Waals surface area contributed by atoms with Gasteiger partial charge in [-0.15, -0.1) is 0 Å². The number of aromatic nitrogens is 1. The number of aryl methyl sites for hydroxylation is 1. The van der Waals surface area contributed by atoms with Crippen LogP contribution < -0.4 is 10.6 Å². The molecule has 2 N–H and O–H groups in total. The molecule has 0 saturated carbocycles. The normalized spacial score (nSPS) is 12.2. The highest BCUT2D eigenvalue weighted by Gasteiger charge is 2.13. The van der Waals surface area contributed by atoms with Crippen molar-refractivity contribution in [1.82, 2.24) is 4.98 Å². The molecule has 1 unspecified atom stereocenters. The second-order valence-corrected chi connectivity index (χ2v) is 5.37. The third kappa shape index (κ3) is 3.58. The molecule has 0 aliphatic carbocycles. The number of benzene rings is 1. The van der Waals surface area contributed by atoms with Gasteiger partial charge in [-0.25, -0.2) is 9.37 Å². The molecule has 21 heavy (non-hydrogen) atoms. The van der Waals surface area contributed by atoms with Crippen LogP contribution in [-0.2, 0) is 6.42 Å². The van der Waals surface area contributed by atoms with Crippen molar-refractivity contribution in [2.24, 2.45) is 5.73 Å². The lowest BCUT2D eigenvalue weighted by Gasteiger charge is -2.21. The van der Waals surface area contributed by atoms with Crippen LogP contribution in [0.5, 0.6) is 0 Å². The maximum absolute atomic E-state index is 13.9. The fourth-order valence-electron chi connectivity index (χ4n) is 2.37. The van der Waals surface area contributed by atoms with Crippen molar-refractivity contribution in [3.8, 4) is 0 Å². The summed E-state index contributed by atoms with van der Waals surface area (Å²) >= 11 is 0. The summed E-state index contributed by atoms with van der Waals surface area (Å²) in [4.78, 5) is 6.26. The lowest BCUT2D eigenvalue weighted by Crippen LogP contribution is -2.22. The van der Waals surface area contributed by atoms with Gasteiger partial charge in [-0.3, -0.25) is 0 Å². The van der Waals surface area contributed by atoms with Crippen molar-refractivity contribution < 1.29 is 4.39 Å². The maximum Gasteiger partial charge on any atom is 0.146 e. The van der Waals surface area contributed by atoms with E-state index in [2.05, 4.69) is 18.0 Å². The predicted octanol–water partition coefficient (Wildman–Crippen LogP) is 3.58. The molecular formula is C17H22FN3. The number of nitrogens with zero attached hydrogens (tertiary/aromatic N) is 2. The molecule has 1 atom stereocenters. The molecule has 1 aromatic carbocycles. The van der Waals surface area contributed by atoms with E-state index in [4.69, 9.17) is 5.73 Å². The number of nitrogens with two attached hydrogens (primary N) is 1. The minimum Gasteiger partial charge on any atom is -0.327 e. The Morgan fingerprint density at radius 3 is 2.67 bits per heavy atom. The van der Waals surface area contributed by atoms with Gasteiger partial charge in [0, 0.05) is 19.3 Å². The molecule has 4 heteroatoms. The molecule has 2 aromatic rings. The number of rotatable bonds is 5. The first-order chi connectivity index (χ1) is 10.0. The summed E-state index contributed by atoms with van der Waals surface area (Å²) in [6.07, 6.45) is 3.58. The summed E-state index contributed by atoms with van der Waals surface area (Å²) in [7, 11) is 1.82. The first-order valence-corrected chi connectivity index (χ1v) is 7.22. The molecular weight excluding hydrogens is 265 g/mol. The Hall–Kier alpha value is -1.94. The molecule has 1 aromatic heterocycles. The summed E-state index contributed by atoms with van der Waals surface area (Å²) < 4.78 is 13.9. The summed E-state index contributed by atoms with van der Waals surface area (Å²) in [6, 6.07) is 8.94. The van der Waals surface area contributed by atoms with Gasteiger partial charge < -0.3 is 10.6 Å². The van der Waals surface area contributed by atoms with Crippen molar-refractivity contribution in [1.29, 1.82) is 0 Å². The van der Waals surface area contributed by atoms with Gasteiger partial charge in [-0.2, -0.15) is 0 Å². The van der Waals surface area contributed by atoms with E-state index in [0.717, 1.165) is 29.8 Å². The molecule has 0 spiro atoms. The second-order valence-electron chi connectivity index (χ2n) is 5.37. The summed E-state index contributed by atoms with van der Waals surface area (Å²) in [5, 5.41) is 0. The first kappa shape index (κ1) is 15.4. The molecule has 0 bridgehead atoms. The topological polar surface area (TPSA) is 42.1 Å². The number of hydrogen-bond donors (Lipinski definition) is 1. The highest BCUT2D eigenvalue weighted by Crippen LogP contribution is 2.27. The molecule has 2 rings (SSSR count). The van der Waals surface area contributed by atoms with E-state index in [1.807, 2.05) is 26.2 Å². The van der Waals surface area contributed by atoms with Crippen molar-refractivity contribution in [3.63, 3.8) is 0 Å². The van der Waals surface area contributed by atoms with Gasteiger partial charge in [0.05, 0.1) is 5.69 Å². The van der Waals surface area contributed by atoms with E-state index in [1.165, 1.54) is 6.07 Å². The number of halogens is 1. The van der Waals surface area contributed by atoms with Gasteiger partial charge in [-0.1, -0.05) is 25.1 Å². The van der Waals surface area contributed by atoms with Gasteiger partial charge in [0.15, 0.2) is 0 Å². The average Bonchev–Trinajstić information content (AvgIpc) is 2.47. The van der Waals surface area contributed by atoms with Crippen LogP contribution in [0.1, 0.15) is 24.5 Å². The Labute approximate surface area is 125 Å². The van der Waals surface area contributed by atoms with Crippen LogP contribution in [0.4, 0.5) is 15.9 Å². The minimum absolute atomic E-state index is 0.154. The van der Waals surface area contributed by atoms with Gasteiger partial charge in [-0.05, 0) is 43.0 Å². The molecule has 0 aliphatic heterocycles. The van der Waals surface area contributed by atoms with Gasteiger partial charge in [0.2, 0.25) is 0 Å². The molecule has 0 saturated heterocycles. The molecule has 112 valence electrons. The SMILES string of the molecule is CCC(N)Cc1cnc(N(C)c2ccccc2F)c(C)c1. The molecule has 0 amide bonds. The monoisotopic (exact) mass is 287 g/mol. The van der Waals surface area contributed by atoms with Crippen LogP contribution in [-0.4, -0.2) is 18.1 Å². The van der Waals surface area contributed by atoms with E-state index in [0.29, 0.717) is 5.69 Å². The van der Waals surface area contributed by atoms with Crippen LogP contribution in [0.2, 0.25) is 0 Å². The van der Waals surface area contributed by atoms with Crippen LogP contribution in [0, 0.1) is 12.7 Å². The smallest absolute Gasteiger partial charge is 0.146 e. The zero-order valence-corrected chi connectivity index (χ0v) is 12.8. The van der Waals surface area contributed by atoms with E-state index in [9.17, 15) is 4.39 Å². The molecule has 1 heterocycles. The Morgan fingerprint density at radius 2 is 2.05 bits per heavy atom. The second kappa shape index (κ2) is 6.68. The minimum atomic E-state index is -0.252. The summed E-state index contributed by atoms with van der Waals surface area (Å²) in [6.45, 7) is 4.06. The summed E-state index contributed by atoms with van der Waals surface area (Å²) in [5.41, 5.74) is 8.63. The van der Waals surface area contributed by atoms with Crippen molar-refractivity contribution in [2.75, 3.05) is 11.9 Å². The fourth-order valence-corrected chi connectivity index (χ4v) is 2.37. The van der Waals surface area contributed by atoms with Gasteiger partial charge in [0.25, 0.3) is 0 Å². The van der Waals surface area contributed by atoms with Crippen LogP contribution in [0.3, 0.4) is 0 Å². The number of hydrogen-bond acceptors (Lipinski definition) is 3. The number of pyridine rings is 1. The fraction of sp³-hybridized carbons (Fsp3) is 0.353. The predicted molar refractivity (Wildman–Crippen MR) is 85.4 cm³/mol. The lowest BCUT2D eigenvalue weighted by molar-refractivity contribution is 0.627. The number of para-hydroxylation sites is 1. The van der Waals surface area contributed by atoms with E-state index >= 15 is 0 Å². The van der Waals surface area contributed by atoms with Crippen LogP contribution >= 0.6 is 0 Å². The molecule has 0 fully saturated rings. The standard InChI is InChI=1S/C17H22FN3/c1-4-14(19)10-13-9-12(2)17(20-11-13)21(3)16-8-6-5-7-15(16)18/h5-9,11,14H,4,10,19H2,1-3H3. The average molecular weight is 287 g/mol. The zero-order chi connectivity index (χ0) is 15.4. The Balaban J connectivity index is 2.27. The van der Waals surface area contributed by atoms with Crippen LogP contribution in [0.25, 0.3) is 0 Å². The van der Waals surface area contributed by atoms with E-state index < -0.39 is 0 Å². The van der Waals surface area contributed by atoms with Gasteiger partial charge in [0.1, 0.15) is 11.6 Å². The largest absolute Gasteiger partial charge is 0.327 e. The van der Waals surface area contributed by atoms with Gasteiger partial charge >= 0.3 is 0 Å². The van der Waals surface area contributed by atoms with Crippen molar-refractivity contribution in [3.05, 3.63) is 53.5 Å². The highest BCUT2D eigenvalue weighted by atomic mass is 19.1. The van der Waals surface area contributed by atoms with Crippen molar-refractivity contribution in [2.45, 2.75) is 32.7 Å². The Bertz CT molecular complexity index is 613. The Kier molecular flexibility index (Phi) is 4.91. The lowest BCUT2D eigenvalue weighted by atomic mass is 10.0. The number of anilines is 2. The molecule has 3 nitrogen and oxygen atoms in total. The Morgan fingerprint density at radius 1 is 1.33 bits per heavy atom. The summed E-state index contributed by atoms with van der Waals surface area (Å²) in [5.74, 6) is 0.507. The van der Waals surface area contributed by atoms with Crippen molar-refractivity contribution >= 4 is 11.5 Å². The quantitative estimate of drug-likeness (QED) is 0.914. The molecule has 0 aliphatic rings. The third-order valence-electron chi connectivity index (χ3n) is 3.66. The maximum atomic E-state index is 13.9. The van der Waals surface area contributed by atoms with E-state index in [-0.39, 0.29) is 11.9 Å². The zero-order valence-electron chi connectivity index (χ0n) is 12.8. The van der Waals surface area contributed by atoms with E-state index in [1.54, 1.807) is 17.0 Å². The molecule has 0 radical (unpaired) electrons. The highest BCUT2D eigenvalue weighted by molar-refractivity contribution is 5.62. The van der Waals surface area contributed by atoms with Crippen LogP contribution in [0.15, 0.2) is 36.5 Å². The third-order valence-corrected chi connectivity index (χ3v) is 3.66. The first-order valence-electron chi connectivity index (χ1n) is 7.22.